The van der Waals surface area contributed by atoms with Crippen LogP contribution in [-0.2, 0) is 38.0 Å². The molecule has 2 aliphatic heterocycles. The maximum absolute atomic E-state index is 12.9. The van der Waals surface area contributed by atoms with Crippen LogP contribution in [0.15, 0.2) is 0 Å². The molecule has 0 aromatic heterocycles. The standard InChI is InChI=1S/C46H86O15/c1-3-5-7-9-11-13-15-16-17-18-19-21-23-25-27-29-38(49)59-34(31-56-37(48)28-26-24-22-20-14-12-10-8-6-4-2)32-57-45-44(55)42(53)40(51)36(61-45)33-58-46-43(54)41(52)39(50)35(30-47)60-46/h34-36,39-47,50-55H,3-33H2,1-2H3/t34-,35-,36-,39+,40+,41+,42+,43-,44-,45-,46+/m1/s1. The number of carbonyl (C=O) groups excluding carboxylic acids is 2. The molecule has 11 atom stereocenters. The molecule has 0 unspecified atom stereocenters. The lowest BCUT2D eigenvalue weighted by atomic mass is 9.98. The molecule has 360 valence electrons. The number of unbranched alkanes of at least 4 members (excludes halogenated alkanes) is 23. The summed E-state index contributed by atoms with van der Waals surface area (Å²) in [6, 6.07) is 0. The number of rotatable bonds is 37. The summed E-state index contributed by atoms with van der Waals surface area (Å²) in [5.41, 5.74) is 0. The van der Waals surface area contributed by atoms with Crippen molar-refractivity contribution < 1.29 is 73.8 Å². The van der Waals surface area contributed by atoms with Crippen molar-refractivity contribution in [1.82, 2.24) is 0 Å². The Morgan fingerprint density at radius 2 is 0.836 bits per heavy atom. The second kappa shape index (κ2) is 34.8. The summed E-state index contributed by atoms with van der Waals surface area (Å²) < 4.78 is 33.5. The molecule has 2 fully saturated rings. The molecule has 0 saturated carbocycles. The summed E-state index contributed by atoms with van der Waals surface area (Å²) in [5.74, 6) is -0.915. The van der Waals surface area contributed by atoms with Crippen LogP contribution in [0.2, 0.25) is 0 Å². The molecule has 2 heterocycles. The highest BCUT2D eigenvalue weighted by molar-refractivity contribution is 5.70. The van der Waals surface area contributed by atoms with E-state index in [-0.39, 0.29) is 26.1 Å². The van der Waals surface area contributed by atoms with Gasteiger partial charge in [0.1, 0.15) is 55.4 Å². The van der Waals surface area contributed by atoms with E-state index in [1.807, 2.05) is 0 Å². The normalized spacial score (nSPS) is 27.2. The highest BCUT2D eigenvalue weighted by atomic mass is 16.7. The zero-order valence-electron chi connectivity index (χ0n) is 37.7. The van der Waals surface area contributed by atoms with Gasteiger partial charge in [0.05, 0.1) is 19.8 Å². The molecule has 2 saturated heterocycles. The number of carbonyl (C=O) groups is 2. The molecule has 0 aromatic rings. The number of hydrogen-bond donors (Lipinski definition) is 7. The Morgan fingerprint density at radius 1 is 0.459 bits per heavy atom. The predicted molar refractivity (Wildman–Crippen MR) is 229 cm³/mol. The minimum Gasteiger partial charge on any atom is -0.462 e. The van der Waals surface area contributed by atoms with Crippen LogP contribution in [0.4, 0.5) is 0 Å². The lowest BCUT2D eigenvalue weighted by molar-refractivity contribution is -0.332. The van der Waals surface area contributed by atoms with Gasteiger partial charge in [0.25, 0.3) is 0 Å². The van der Waals surface area contributed by atoms with Crippen molar-refractivity contribution in [3.8, 4) is 0 Å². The van der Waals surface area contributed by atoms with Crippen molar-refractivity contribution in [2.45, 2.75) is 255 Å². The third kappa shape index (κ3) is 23.8. The van der Waals surface area contributed by atoms with E-state index in [4.69, 9.17) is 28.4 Å². The zero-order valence-corrected chi connectivity index (χ0v) is 37.7. The van der Waals surface area contributed by atoms with Gasteiger partial charge in [-0.05, 0) is 12.8 Å². The van der Waals surface area contributed by atoms with Gasteiger partial charge in [-0.15, -0.1) is 0 Å². The van der Waals surface area contributed by atoms with E-state index in [0.29, 0.717) is 12.8 Å². The van der Waals surface area contributed by atoms with Crippen LogP contribution in [0.25, 0.3) is 0 Å². The van der Waals surface area contributed by atoms with E-state index in [1.165, 1.54) is 109 Å². The fraction of sp³-hybridized carbons (Fsp3) is 0.957. The summed E-state index contributed by atoms with van der Waals surface area (Å²) in [7, 11) is 0. The molecule has 0 aromatic carbocycles. The van der Waals surface area contributed by atoms with Crippen molar-refractivity contribution in [2.24, 2.45) is 0 Å². The van der Waals surface area contributed by atoms with Gasteiger partial charge in [0.2, 0.25) is 0 Å². The van der Waals surface area contributed by atoms with Crippen LogP contribution >= 0.6 is 0 Å². The first kappa shape index (κ1) is 55.6. The Bertz CT molecular complexity index is 1080. The summed E-state index contributed by atoms with van der Waals surface area (Å²) in [6.07, 6.45) is 12.9. The highest BCUT2D eigenvalue weighted by Crippen LogP contribution is 2.26. The van der Waals surface area contributed by atoms with Gasteiger partial charge in [-0.1, -0.05) is 162 Å². The Balaban J connectivity index is 1.83. The van der Waals surface area contributed by atoms with Crippen LogP contribution in [0.1, 0.15) is 187 Å². The largest absolute Gasteiger partial charge is 0.462 e. The number of aliphatic hydroxyl groups is 7. The first-order valence-electron chi connectivity index (χ1n) is 24.1. The van der Waals surface area contributed by atoms with E-state index < -0.39 is 92.7 Å². The monoisotopic (exact) mass is 879 g/mol. The van der Waals surface area contributed by atoms with E-state index >= 15 is 0 Å². The van der Waals surface area contributed by atoms with E-state index in [1.54, 1.807) is 0 Å². The molecule has 61 heavy (non-hydrogen) atoms. The summed E-state index contributed by atoms with van der Waals surface area (Å²) in [5, 5.41) is 71.9. The second-order valence-corrected chi connectivity index (χ2v) is 17.3. The van der Waals surface area contributed by atoms with Crippen LogP contribution in [0.3, 0.4) is 0 Å². The van der Waals surface area contributed by atoms with E-state index in [9.17, 15) is 45.3 Å². The number of ether oxygens (including phenoxy) is 6. The quantitative estimate of drug-likeness (QED) is 0.0295. The molecular formula is C46H86O15. The van der Waals surface area contributed by atoms with Crippen molar-refractivity contribution in [1.29, 1.82) is 0 Å². The van der Waals surface area contributed by atoms with E-state index in [2.05, 4.69) is 13.8 Å². The van der Waals surface area contributed by atoms with Crippen LogP contribution in [0.5, 0.6) is 0 Å². The summed E-state index contributed by atoms with van der Waals surface area (Å²) in [6.45, 7) is 2.58. The Labute approximate surface area is 366 Å². The molecule has 2 aliphatic rings. The second-order valence-electron chi connectivity index (χ2n) is 17.3. The van der Waals surface area contributed by atoms with Gasteiger partial charge in [0, 0.05) is 12.8 Å². The van der Waals surface area contributed by atoms with Crippen LogP contribution in [0, 0.1) is 0 Å². The lowest BCUT2D eigenvalue weighted by Gasteiger charge is -2.42. The maximum Gasteiger partial charge on any atom is 0.306 e. The first-order chi connectivity index (χ1) is 29.5. The SMILES string of the molecule is CCCCCCCCCCCCCCCCCC(=O)O[C@H](COC(=O)CCCCCCCCCCCC)CO[C@@H]1O[C@H](CO[C@H]2O[C@H](CO)[C@H](O)[C@H](O)[C@H]2O)[C@H](O)[C@H](O)[C@H]1O. The minimum atomic E-state index is -1.76. The lowest BCUT2D eigenvalue weighted by Crippen LogP contribution is -2.61. The summed E-state index contributed by atoms with van der Waals surface area (Å²) >= 11 is 0. The van der Waals surface area contributed by atoms with Gasteiger partial charge in [-0.2, -0.15) is 0 Å². The van der Waals surface area contributed by atoms with Crippen molar-refractivity contribution in [3.05, 3.63) is 0 Å². The first-order valence-corrected chi connectivity index (χ1v) is 24.1. The fourth-order valence-corrected chi connectivity index (χ4v) is 7.81. The molecule has 0 radical (unpaired) electrons. The molecule has 15 nitrogen and oxygen atoms in total. The van der Waals surface area contributed by atoms with Crippen LogP contribution in [-0.4, -0.2) is 142 Å². The summed E-state index contributed by atoms with van der Waals surface area (Å²) in [4.78, 5) is 25.6. The minimum absolute atomic E-state index is 0.173. The Kier molecular flexibility index (Phi) is 31.8. The molecule has 0 aliphatic carbocycles. The molecule has 0 spiro atoms. The average molecular weight is 879 g/mol. The topological polar surface area (TPSA) is 231 Å². The van der Waals surface area contributed by atoms with Crippen molar-refractivity contribution in [2.75, 3.05) is 26.4 Å². The van der Waals surface area contributed by atoms with Gasteiger partial charge in [-0.3, -0.25) is 9.59 Å². The Hall–Kier alpha value is -1.50. The van der Waals surface area contributed by atoms with Crippen LogP contribution < -0.4 is 0 Å². The molecule has 0 bridgehead atoms. The van der Waals surface area contributed by atoms with Gasteiger partial charge in [-0.25, -0.2) is 0 Å². The molecule has 15 heteroatoms. The van der Waals surface area contributed by atoms with E-state index in [0.717, 1.165) is 38.5 Å². The predicted octanol–water partition coefficient (Wildman–Crippen LogP) is 5.65. The Morgan fingerprint density at radius 3 is 1.28 bits per heavy atom. The molecule has 7 N–H and O–H groups in total. The van der Waals surface area contributed by atoms with Crippen molar-refractivity contribution >= 4 is 11.9 Å². The fourth-order valence-electron chi connectivity index (χ4n) is 7.81. The zero-order chi connectivity index (χ0) is 44.7. The highest BCUT2D eigenvalue weighted by Gasteiger charge is 2.47. The number of esters is 2. The molecule has 2 rings (SSSR count). The smallest absolute Gasteiger partial charge is 0.306 e. The average Bonchev–Trinajstić information content (AvgIpc) is 3.25. The maximum atomic E-state index is 12.9. The number of aliphatic hydroxyl groups excluding tert-OH is 7. The third-order valence-electron chi connectivity index (χ3n) is 11.8. The van der Waals surface area contributed by atoms with Gasteiger partial charge in [0.15, 0.2) is 18.7 Å². The van der Waals surface area contributed by atoms with Gasteiger partial charge < -0.3 is 64.2 Å². The molecular weight excluding hydrogens is 792 g/mol. The molecule has 0 amide bonds. The van der Waals surface area contributed by atoms with Crippen molar-refractivity contribution in [3.63, 3.8) is 0 Å². The number of hydrogen-bond acceptors (Lipinski definition) is 15. The van der Waals surface area contributed by atoms with Gasteiger partial charge >= 0.3 is 11.9 Å². The third-order valence-corrected chi connectivity index (χ3v) is 11.8.